The van der Waals surface area contributed by atoms with Gasteiger partial charge in [0, 0.05) is 17.2 Å². The first-order valence-corrected chi connectivity index (χ1v) is 6.38. The number of nitro groups is 1. The molecule has 5 nitrogen and oxygen atoms in total. The van der Waals surface area contributed by atoms with Gasteiger partial charge in [-0.15, -0.1) is 0 Å². The molecule has 0 aliphatic carbocycles. The van der Waals surface area contributed by atoms with Crippen molar-refractivity contribution in [2.45, 2.75) is 13.8 Å². The minimum Gasteiger partial charge on any atom is -0.490 e. The maximum atomic E-state index is 12.5. The van der Waals surface area contributed by atoms with Gasteiger partial charge in [-0.25, -0.2) is 0 Å². The van der Waals surface area contributed by atoms with Crippen molar-refractivity contribution in [3.05, 3.63) is 68.8 Å². The van der Waals surface area contributed by atoms with E-state index in [2.05, 4.69) is 0 Å². The van der Waals surface area contributed by atoms with E-state index in [4.69, 9.17) is 4.74 Å². The van der Waals surface area contributed by atoms with Crippen molar-refractivity contribution in [1.29, 1.82) is 0 Å². The average molecular weight is 285 g/mol. The van der Waals surface area contributed by atoms with Crippen LogP contribution in [0.1, 0.15) is 27.0 Å². The molecule has 2 aromatic carbocycles. The van der Waals surface area contributed by atoms with Gasteiger partial charge in [-0.2, -0.15) is 0 Å². The summed E-state index contributed by atoms with van der Waals surface area (Å²) < 4.78 is 4.93. The molecule has 108 valence electrons. The van der Waals surface area contributed by atoms with Gasteiger partial charge in [0.05, 0.1) is 12.0 Å². The fraction of sp³-hybridized carbons (Fsp3) is 0.188. The molecule has 0 bridgehead atoms. The molecule has 0 amide bonds. The van der Waals surface area contributed by atoms with Crippen LogP contribution in [0, 0.1) is 24.0 Å². The summed E-state index contributed by atoms with van der Waals surface area (Å²) in [6, 6.07) is 9.72. The first-order chi connectivity index (χ1) is 9.93. The molecule has 0 saturated heterocycles. The van der Waals surface area contributed by atoms with E-state index in [-0.39, 0.29) is 22.8 Å². The van der Waals surface area contributed by atoms with Gasteiger partial charge in [0.1, 0.15) is 0 Å². The Labute approximate surface area is 122 Å². The fourth-order valence-electron chi connectivity index (χ4n) is 2.20. The van der Waals surface area contributed by atoms with Crippen molar-refractivity contribution in [3.8, 4) is 5.75 Å². The number of rotatable bonds is 4. The van der Waals surface area contributed by atoms with Crippen LogP contribution in [0.15, 0.2) is 36.4 Å². The quantitative estimate of drug-likeness (QED) is 0.490. The first kappa shape index (κ1) is 14.7. The Balaban J connectivity index is 2.48. The maximum Gasteiger partial charge on any atom is 0.311 e. The predicted molar refractivity (Wildman–Crippen MR) is 79.0 cm³/mol. The van der Waals surface area contributed by atoms with Gasteiger partial charge in [0.15, 0.2) is 11.5 Å². The zero-order valence-electron chi connectivity index (χ0n) is 12.0. The first-order valence-electron chi connectivity index (χ1n) is 6.38. The lowest BCUT2D eigenvalue weighted by Crippen LogP contribution is -2.05. The van der Waals surface area contributed by atoms with Gasteiger partial charge in [-0.05, 0) is 31.5 Å². The van der Waals surface area contributed by atoms with Gasteiger partial charge in [0.25, 0.3) is 0 Å². The highest BCUT2D eigenvalue weighted by atomic mass is 16.6. The summed E-state index contributed by atoms with van der Waals surface area (Å²) in [4.78, 5) is 22.9. The molecule has 2 rings (SSSR count). The van der Waals surface area contributed by atoms with Crippen LogP contribution in [-0.2, 0) is 0 Å². The van der Waals surface area contributed by atoms with Crippen molar-refractivity contribution < 1.29 is 14.5 Å². The zero-order chi connectivity index (χ0) is 15.6. The summed E-state index contributed by atoms with van der Waals surface area (Å²) in [6.07, 6.45) is 0. The van der Waals surface area contributed by atoms with E-state index in [1.54, 1.807) is 6.07 Å². The molecule has 5 heteroatoms. The minimum absolute atomic E-state index is 0.136. The van der Waals surface area contributed by atoms with Gasteiger partial charge in [-0.1, -0.05) is 23.8 Å². The highest BCUT2D eigenvalue weighted by Gasteiger charge is 2.19. The molecule has 0 atom stereocenters. The third kappa shape index (κ3) is 2.91. The van der Waals surface area contributed by atoms with E-state index in [0.717, 1.165) is 11.1 Å². The Kier molecular flexibility index (Phi) is 4.03. The van der Waals surface area contributed by atoms with Crippen LogP contribution in [-0.4, -0.2) is 17.8 Å². The van der Waals surface area contributed by atoms with Crippen LogP contribution in [0.2, 0.25) is 0 Å². The second kappa shape index (κ2) is 5.75. The normalized spacial score (nSPS) is 10.2. The highest BCUT2D eigenvalue weighted by molar-refractivity contribution is 6.10. The van der Waals surface area contributed by atoms with E-state index in [0.29, 0.717) is 5.56 Å². The lowest BCUT2D eigenvalue weighted by Gasteiger charge is -2.07. The van der Waals surface area contributed by atoms with Crippen LogP contribution in [0.3, 0.4) is 0 Å². The van der Waals surface area contributed by atoms with Crippen LogP contribution in [0.25, 0.3) is 0 Å². The molecule has 0 radical (unpaired) electrons. The number of carbonyl (C=O) groups excluding carboxylic acids is 1. The predicted octanol–water partition coefficient (Wildman–Crippen LogP) is 3.45. The van der Waals surface area contributed by atoms with Crippen molar-refractivity contribution in [3.63, 3.8) is 0 Å². The molecule has 0 fully saturated rings. The smallest absolute Gasteiger partial charge is 0.311 e. The number of nitrogens with zero attached hydrogens (tertiary/aromatic N) is 1. The summed E-state index contributed by atoms with van der Waals surface area (Å²) in [7, 11) is 1.36. The third-order valence-corrected chi connectivity index (χ3v) is 3.26. The molecule has 0 unspecified atom stereocenters. The van der Waals surface area contributed by atoms with E-state index in [1.165, 1.54) is 25.3 Å². The summed E-state index contributed by atoms with van der Waals surface area (Å²) in [5.74, 6) is -0.101. The van der Waals surface area contributed by atoms with Crippen molar-refractivity contribution in [1.82, 2.24) is 0 Å². The number of hydrogen-bond donors (Lipinski definition) is 0. The fourth-order valence-corrected chi connectivity index (χ4v) is 2.20. The number of carbonyl (C=O) groups is 1. The van der Waals surface area contributed by atoms with Crippen LogP contribution < -0.4 is 4.74 Å². The SMILES string of the molecule is COc1ccc(C(=O)c2ccc(C)cc2C)cc1[N+](=O)[O-]. The largest absolute Gasteiger partial charge is 0.490 e. The average Bonchev–Trinajstić information content (AvgIpc) is 2.45. The molecule has 0 spiro atoms. The number of aryl methyl sites for hydroxylation is 2. The summed E-state index contributed by atoms with van der Waals surface area (Å²) >= 11 is 0. The molecular weight excluding hydrogens is 270 g/mol. The number of benzene rings is 2. The van der Waals surface area contributed by atoms with E-state index >= 15 is 0 Å². The highest BCUT2D eigenvalue weighted by Crippen LogP contribution is 2.28. The van der Waals surface area contributed by atoms with E-state index < -0.39 is 4.92 Å². The van der Waals surface area contributed by atoms with Crippen molar-refractivity contribution in [2.75, 3.05) is 7.11 Å². The lowest BCUT2D eigenvalue weighted by atomic mass is 9.97. The summed E-state index contributed by atoms with van der Waals surface area (Å²) in [5.41, 5.74) is 2.51. The molecule has 2 aromatic rings. The molecular formula is C16H15NO4. The Hall–Kier alpha value is -2.69. The Morgan fingerprint density at radius 2 is 1.86 bits per heavy atom. The topological polar surface area (TPSA) is 69.4 Å². The van der Waals surface area contributed by atoms with E-state index in [9.17, 15) is 14.9 Å². The molecule has 0 aliphatic heterocycles. The van der Waals surface area contributed by atoms with Crippen molar-refractivity contribution >= 4 is 11.5 Å². The second-order valence-electron chi connectivity index (χ2n) is 4.79. The summed E-state index contributed by atoms with van der Waals surface area (Å²) in [5, 5.41) is 11.0. The van der Waals surface area contributed by atoms with Gasteiger partial charge in [-0.3, -0.25) is 14.9 Å². The lowest BCUT2D eigenvalue weighted by molar-refractivity contribution is -0.385. The third-order valence-electron chi connectivity index (χ3n) is 3.26. The van der Waals surface area contributed by atoms with Crippen LogP contribution >= 0.6 is 0 Å². The monoisotopic (exact) mass is 285 g/mol. The Morgan fingerprint density at radius 1 is 1.14 bits per heavy atom. The maximum absolute atomic E-state index is 12.5. The molecule has 0 aromatic heterocycles. The number of ether oxygens (including phenoxy) is 1. The number of ketones is 1. The van der Waals surface area contributed by atoms with Crippen LogP contribution in [0.5, 0.6) is 5.75 Å². The van der Waals surface area contributed by atoms with E-state index in [1.807, 2.05) is 26.0 Å². The number of methoxy groups -OCH3 is 1. The number of nitro benzene ring substituents is 1. The van der Waals surface area contributed by atoms with Crippen molar-refractivity contribution in [2.24, 2.45) is 0 Å². The van der Waals surface area contributed by atoms with Gasteiger partial charge in [0.2, 0.25) is 0 Å². The number of hydrogen-bond acceptors (Lipinski definition) is 4. The molecule has 0 heterocycles. The molecule has 0 N–H and O–H groups in total. The Bertz CT molecular complexity index is 722. The second-order valence-corrected chi connectivity index (χ2v) is 4.79. The van der Waals surface area contributed by atoms with Gasteiger partial charge < -0.3 is 4.74 Å². The van der Waals surface area contributed by atoms with Crippen LogP contribution in [0.4, 0.5) is 5.69 Å². The summed E-state index contributed by atoms with van der Waals surface area (Å²) in [6.45, 7) is 3.79. The van der Waals surface area contributed by atoms with Gasteiger partial charge >= 0.3 is 5.69 Å². The zero-order valence-corrected chi connectivity index (χ0v) is 12.0. The molecule has 0 aliphatic rings. The Morgan fingerprint density at radius 3 is 2.43 bits per heavy atom. The minimum atomic E-state index is -0.558. The molecule has 21 heavy (non-hydrogen) atoms. The molecule has 0 saturated carbocycles. The standard InChI is InChI=1S/C16H15NO4/c1-10-4-6-13(11(2)8-10)16(18)12-5-7-15(21-3)14(9-12)17(19)20/h4-9H,1-3H3.